The van der Waals surface area contributed by atoms with Crippen LogP contribution in [0.5, 0.6) is 0 Å². The number of rotatable bonds is 3. The van der Waals surface area contributed by atoms with Crippen molar-refractivity contribution >= 4 is 11.8 Å². The first kappa shape index (κ1) is 9.23. The van der Waals surface area contributed by atoms with E-state index in [0.717, 1.165) is 6.42 Å². The summed E-state index contributed by atoms with van der Waals surface area (Å²) in [6.45, 7) is 1.95. The van der Waals surface area contributed by atoms with E-state index in [1.54, 1.807) is 0 Å². The molecule has 0 aromatic carbocycles. The Balaban J connectivity index is 2.74. The van der Waals surface area contributed by atoms with E-state index < -0.39 is 11.4 Å². The number of hydrogen-bond donors (Lipinski definition) is 1. The number of ketones is 1. The van der Waals surface area contributed by atoms with Gasteiger partial charge >= 0.3 is 5.97 Å². The topological polar surface area (TPSA) is 54.4 Å². The summed E-state index contributed by atoms with van der Waals surface area (Å²) in [5, 5.41) is 8.96. The minimum atomic E-state index is -0.796. The molecule has 1 unspecified atom stereocenters. The first-order valence-corrected chi connectivity index (χ1v) is 4.36. The van der Waals surface area contributed by atoms with Crippen molar-refractivity contribution in [1.29, 1.82) is 0 Å². The third kappa shape index (κ3) is 1.49. The largest absolute Gasteiger partial charge is 0.481 e. The number of carboxylic acids is 1. The van der Waals surface area contributed by atoms with Crippen molar-refractivity contribution in [1.82, 2.24) is 0 Å². The van der Waals surface area contributed by atoms with Crippen molar-refractivity contribution in [2.45, 2.75) is 39.0 Å². The van der Waals surface area contributed by atoms with Crippen molar-refractivity contribution in [3.8, 4) is 0 Å². The highest BCUT2D eigenvalue weighted by Gasteiger charge is 2.43. The quantitative estimate of drug-likeness (QED) is 0.700. The lowest BCUT2D eigenvalue weighted by molar-refractivity contribution is -0.149. The van der Waals surface area contributed by atoms with E-state index >= 15 is 0 Å². The van der Waals surface area contributed by atoms with E-state index in [1.807, 2.05) is 6.92 Å². The van der Waals surface area contributed by atoms with Crippen molar-refractivity contribution in [3.63, 3.8) is 0 Å². The van der Waals surface area contributed by atoms with E-state index in [1.165, 1.54) is 0 Å². The zero-order valence-corrected chi connectivity index (χ0v) is 7.30. The number of carbonyl (C=O) groups excluding carboxylic acids is 1. The van der Waals surface area contributed by atoms with Gasteiger partial charge in [-0.1, -0.05) is 13.3 Å². The van der Waals surface area contributed by atoms with Crippen LogP contribution in [0.3, 0.4) is 0 Å². The maximum Gasteiger partial charge on any atom is 0.310 e. The van der Waals surface area contributed by atoms with Gasteiger partial charge in [-0.2, -0.15) is 0 Å². The lowest BCUT2D eigenvalue weighted by Gasteiger charge is -2.21. The van der Waals surface area contributed by atoms with Crippen molar-refractivity contribution in [2.24, 2.45) is 5.41 Å². The number of carboxylic acid groups (broad SMARTS) is 1. The molecule has 12 heavy (non-hydrogen) atoms. The zero-order chi connectivity index (χ0) is 9.19. The fraction of sp³-hybridized carbons (Fsp3) is 0.778. The van der Waals surface area contributed by atoms with Gasteiger partial charge in [0.25, 0.3) is 0 Å². The summed E-state index contributed by atoms with van der Waals surface area (Å²) >= 11 is 0. The SMILES string of the molecule is CCCC1(C(=O)O)CCC(=O)C1. The molecule has 68 valence electrons. The molecule has 0 bridgehead atoms. The second-order valence-electron chi connectivity index (χ2n) is 3.55. The second-order valence-corrected chi connectivity index (χ2v) is 3.55. The molecule has 0 aromatic heterocycles. The van der Waals surface area contributed by atoms with Gasteiger partial charge in [0.05, 0.1) is 5.41 Å². The Labute approximate surface area is 71.8 Å². The molecule has 3 heteroatoms. The number of hydrogen-bond acceptors (Lipinski definition) is 2. The van der Waals surface area contributed by atoms with Crippen LogP contribution >= 0.6 is 0 Å². The summed E-state index contributed by atoms with van der Waals surface area (Å²) in [5.41, 5.74) is -0.716. The van der Waals surface area contributed by atoms with Crippen LogP contribution in [-0.2, 0) is 9.59 Å². The van der Waals surface area contributed by atoms with Crippen molar-refractivity contribution in [3.05, 3.63) is 0 Å². The van der Waals surface area contributed by atoms with Crippen LogP contribution in [0.25, 0.3) is 0 Å². The van der Waals surface area contributed by atoms with Gasteiger partial charge in [-0.3, -0.25) is 9.59 Å². The highest BCUT2D eigenvalue weighted by atomic mass is 16.4. The predicted octanol–water partition coefficient (Wildman–Crippen LogP) is 1.61. The molecule has 1 aliphatic carbocycles. The standard InChI is InChI=1S/C9H14O3/c1-2-4-9(8(11)12)5-3-7(10)6-9/h2-6H2,1H3,(H,11,12). The highest BCUT2D eigenvalue weighted by molar-refractivity contribution is 5.89. The van der Waals surface area contributed by atoms with Gasteiger partial charge < -0.3 is 5.11 Å². The van der Waals surface area contributed by atoms with Gasteiger partial charge in [0.1, 0.15) is 5.78 Å². The summed E-state index contributed by atoms with van der Waals surface area (Å²) in [5.74, 6) is -0.693. The number of carbonyl (C=O) groups is 2. The molecule has 1 aliphatic rings. The smallest absolute Gasteiger partial charge is 0.310 e. The number of Topliss-reactive ketones (excluding diaryl/α,β-unsaturated/α-hetero) is 1. The molecule has 3 nitrogen and oxygen atoms in total. The summed E-state index contributed by atoms with van der Waals surface area (Å²) in [4.78, 5) is 21.9. The van der Waals surface area contributed by atoms with Gasteiger partial charge in [-0.05, 0) is 12.8 Å². The molecule has 0 spiro atoms. The highest BCUT2D eigenvalue weighted by Crippen LogP contribution is 2.40. The van der Waals surface area contributed by atoms with Crippen LogP contribution in [0, 0.1) is 5.41 Å². The lowest BCUT2D eigenvalue weighted by Crippen LogP contribution is -2.27. The Kier molecular flexibility index (Phi) is 2.50. The van der Waals surface area contributed by atoms with E-state index in [9.17, 15) is 9.59 Å². The van der Waals surface area contributed by atoms with Crippen LogP contribution in [0.1, 0.15) is 39.0 Å². The average Bonchev–Trinajstić information content (AvgIpc) is 2.34. The first-order chi connectivity index (χ1) is 5.60. The van der Waals surface area contributed by atoms with E-state index in [2.05, 4.69) is 0 Å². The fourth-order valence-electron chi connectivity index (χ4n) is 1.91. The molecule has 0 radical (unpaired) electrons. The molecule has 1 fully saturated rings. The molecule has 0 aromatic rings. The molecule has 0 heterocycles. The maximum absolute atomic E-state index is 11.0. The van der Waals surface area contributed by atoms with Crippen LogP contribution in [0.2, 0.25) is 0 Å². The number of aliphatic carboxylic acids is 1. The average molecular weight is 170 g/mol. The van der Waals surface area contributed by atoms with E-state index in [4.69, 9.17) is 5.11 Å². The summed E-state index contributed by atoms with van der Waals surface area (Å²) < 4.78 is 0. The zero-order valence-electron chi connectivity index (χ0n) is 7.30. The Bertz CT molecular complexity index is 210. The van der Waals surface area contributed by atoms with Crippen LogP contribution in [0.4, 0.5) is 0 Å². The normalized spacial score (nSPS) is 29.2. The van der Waals surface area contributed by atoms with E-state index in [0.29, 0.717) is 19.3 Å². The summed E-state index contributed by atoms with van der Waals surface area (Å²) in [6.07, 6.45) is 2.70. The minimum Gasteiger partial charge on any atom is -0.481 e. The van der Waals surface area contributed by atoms with Gasteiger partial charge in [-0.15, -0.1) is 0 Å². The molecule has 0 amide bonds. The van der Waals surface area contributed by atoms with Gasteiger partial charge in [0, 0.05) is 12.8 Å². The summed E-state index contributed by atoms with van der Waals surface area (Å²) in [7, 11) is 0. The van der Waals surface area contributed by atoms with Crippen molar-refractivity contribution in [2.75, 3.05) is 0 Å². The van der Waals surface area contributed by atoms with Gasteiger partial charge in [0.15, 0.2) is 0 Å². The third-order valence-corrected chi connectivity index (χ3v) is 2.60. The third-order valence-electron chi connectivity index (χ3n) is 2.60. The van der Waals surface area contributed by atoms with E-state index in [-0.39, 0.29) is 12.2 Å². The lowest BCUT2D eigenvalue weighted by atomic mass is 9.82. The second kappa shape index (κ2) is 3.25. The monoisotopic (exact) mass is 170 g/mol. The molecule has 1 saturated carbocycles. The molecule has 1 N–H and O–H groups in total. The molecule has 1 atom stereocenters. The Morgan fingerprint density at radius 2 is 2.33 bits per heavy atom. The van der Waals surface area contributed by atoms with Crippen molar-refractivity contribution < 1.29 is 14.7 Å². The minimum absolute atomic E-state index is 0.103. The molecule has 0 saturated heterocycles. The first-order valence-electron chi connectivity index (χ1n) is 4.36. The Morgan fingerprint density at radius 3 is 2.67 bits per heavy atom. The Morgan fingerprint density at radius 1 is 1.67 bits per heavy atom. The van der Waals surface area contributed by atoms with Crippen LogP contribution in [0.15, 0.2) is 0 Å². The molecular weight excluding hydrogens is 156 g/mol. The van der Waals surface area contributed by atoms with Crippen LogP contribution in [-0.4, -0.2) is 16.9 Å². The summed E-state index contributed by atoms with van der Waals surface area (Å²) in [6, 6.07) is 0. The Hall–Kier alpha value is -0.860. The van der Waals surface area contributed by atoms with Gasteiger partial charge in [-0.25, -0.2) is 0 Å². The molecular formula is C9H14O3. The van der Waals surface area contributed by atoms with Gasteiger partial charge in [0.2, 0.25) is 0 Å². The molecule has 1 rings (SSSR count). The molecule has 0 aliphatic heterocycles. The predicted molar refractivity (Wildman–Crippen MR) is 43.8 cm³/mol. The van der Waals surface area contributed by atoms with Crippen LogP contribution < -0.4 is 0 Å². The fourth-order valence-corrected chi connectivity index (χ4v) is 1.91. The maximum atomic E-state index is 11.0.